The molecule has 0 amide bonds. The van der Waals surface area contributed by atoms with Gasteiger partial charge in [0.05, 0.1) is 51.4 Å². The molecule has 5 heterocycles. The van der Waals surface area contributed by atoms with E-state index < -0.39 is 5.41 Å². The molecule has 7 heteroatoms. The molecule has 1 spiro atoms. The van der Waals surface area contributed by atoms with E-state index in [9.17, 15) is 0 Å². The van der Waals surface area contributed by atoms with Gasteiger partial charge in [-0.05, 0) is 90.5 Å². The zero-order chi connectivity index (χ0) is 35.4. The number of rotatable bonds is 2. The number of para-hydroxylation sites is 7. The SMILES string of the molecule is c1ccc2c(c1)Oc1ccccc1N2c1cnc2c(c1)C1(c3ccccc3Oc3ccc(N4c5ccccc5Sc5ccccc54)cc31)c1cccnc1-2. The van der Waals surface area contributed by atoms with Gasteiger partial charge in [0, 0.05) is 38.4 Å². The lowest BCUT2D eigenvalue weighted by Crippen LogP contribution is -2.33. The van der Waals surface area contributed by atoms with E-state index in [1.807, 2.05) is 72.7 Å². The van der Waals surface area contributed by atoms with Crippen LogP contribution in [0.15, 0.2) is 180 Å². The molecule has 2 aromatic heterocycles. The molecule has 8 aromatic rings. The van der Waals surface area contributed by atoms with Gasteiger partial charge in [-0.25, -0.2) is 0 Å². The number of fused-ring (bicyclic) bond motifs is 13. The Morgan fingerprint density at radius 2 is 0.963 bits per heavy atom. The molecule has 1 unspecified atom stereocenters. The summed E-state index contributed by atoms with van der Waals surface area (Å²) in [6.45, 7) is 0. The average Bonchev–Trinajstić information content (AvgIpc) is 3.52. The standard InChI is InChI=1S/C47H28N4O2S/c1-6-18-39-31(12-1)47(33-26-29(23-24-40(33)52-39)50-37-16-4-9-21-43(37)54-44-22-10-5-17-38(44)50)32-13-11-25-48-45(32)46-34(47)27-30(28-49-46)51-35-14-2-7-19-41(35)53-42-20-8-3-15-36(42)51/h1-28H. The molecular formula is C47H28N4O2S. The van der Waals surface area contributed by atoms with Gasteiger partial charge < -0.3 is 19.3 Å². The third-order valence-electron chi connectivity index (χ3n) is 11.0. The van der Waals surface area contributed by atoms with Crippen LogP contribution < -0.4 is 19.3 Å². The quantitative estimate of drug-likeness (QED) is 0.177. The van der Waals surface area contributed by atoms with Gasteiger partial charge in [0.1, 0.15) is 11.5 Å². The second-order valence-corrected chi connectivity index (χ2v) is 14.8. The van der Waals surface area contributed by atoms with Crippen LogP contribution in [0.5, 0.6) is 23.0 Å². The fourth-order valence-electron chi connectivity index (χ4n) is 8.81. The molecule has 254 valence electrons. The van der Waals surface area contributed by atoms with Crippen molar-refractivity contribution in [1.29, 1.82) is 0 Å². The number of pyridine rings is 2. The summed E-state index contributed by atoms with van der Waals surface area (Å²) in [6.07, 6.45) is 3.84. The van der Waals surface area contributed by atoms with E-state index in [2.05, 4.69) is 119 Å². The first-order valence-electron chi connectivity index (χ1n) is 18.0. The van der Waals surface area contributed by atoms with Gasteiger partial charge in [-0.3, -0.25) is 9.97 Å². The molecule has 0 bridgehead atoms. The van der Waals surface area contributed by atoms with Gasteiger partial charge in [0.2, 0.25) is 0 Å². The van der Waals surface area contributed by atoms with E-state index in [-0.39, 0.29) is 0 Å². The van der Waals surface area contributed by atoms with Crippen molar-refractivity contribution in [3.05, 3.63) is 192 Å². The Morgan fingerprint density at radius 3 is 1.70 bits per heavy atom. The highest BCUT2D eigenvalue weighted by atomic mass is 32.2. The largest absolute Gasteiger partial charge is 0.457 e. The molecule has 6 nitrogen and oxygen atoms in total. The highest BCUT2D eigenvalue weighted by Gasteiger charge is 2.53. The second-order valence-electron chi connectivity index (χ2n) is 13.8. The summed E-state index contributed by atoms with van der Waals surface area (Å²) < 4.78 is 13.2. The lowest BCUT2D eigenvalue weighted by Gasteiger charge is -2.40. The predicted molar refractivity (Wildman–Crippen MR) is 213 cm³/mol. The Labute approximate surface area is 315 Å². The first-order chi connectivity index (χ1) is 26.8. The Balaban J connectivity index is 1.15. The molecule has 0 radical (unpaired) electrons. The van der Waals surface area contributed by atoms with Crippen LogP contribution in [0.25, 0.3) is 11.4 Å². The molecule has 4 aliphatic rings. The lowest BCUT2D eigenvalue weighted by molar-refractivity contribution is 0.436. The minimum Gasteiger partial charge on any atom is -0.457 e. The monoisotopic (exact) mass is 712 g/mol. The third-order valence-corrected chi connectivity index (χ3v) is 12.1. The van der Waals surface area contributed by atoms with Crippen LogP contribution in [0.2, 0.25) is 0 Å². The molecule has 6 aromatic carbocycles. The van der Waals surface area contributed by atoms with E-state index in [1.54, 1.807) is 0 Å². The van der Waals surface area contributed by atoms with Crippen LogP contribution in [0.1, 0.15) is 22.3 Å². The molecule has 3 aliphatic heterocycles. The number of nitrogens with zero attached hydrogens (tertiary/aromatic N) is 4. The van der Waals surface area contributed by atoms with Crippen molar-refractivity contribution in [2.45, 2.75) is 15.2 Å². The minimum atomic E-state index is -0.781. The maximum atomic E-state index is 6.82. The van der Waals surface area contributed by atoms with Gasteiger partial charge >= 0.3 is 0 Å². The molecule has 0 saturated carbocycles. The molecule has 0 saturated heterocycles. The van der Waals surface area contributed by atoms with Crippen molar-refractivity contribution < 1.29 is 9.47 Å². The zero-order valence-electron chi connectivity index (χ0n) is 28.7. The van der Waals surface area contributed by atoms with E-state index in [0.717, 1.165) is 90.8 Å². The topological polar surface area (TPSA) is 50.7 Å². The van der Waals surface area contributed by atoms with Crippen molar-refractivity contribution in [3.63, 3.8) is 0 Å². The first-order valence-corrected chi connectivity index (χ1v) is 18.8. The summed E-state index contributed by atoms with van der Waals surface area (Å²) in [5.74, 6) is 3.21. The number of benzene rings is 6. The van der Waals surface area contributed by atoms with Crippen LogP contribution in [-0.2, 0) is 5.41 Å². The van der Waals surface area contributed by atoms with Gasteiger partial charge in [0.15, 0.2) is 11.5 Å². The Kier molecular flexibility index (Phi) is 6.10. The van der Waals surface area contributed by atoms with E-state index >= 15 is 0 Å². The number of hydrogen-bond donors (Lipinski definition) is 0. The van der Waals surface area contributed by atoms with Crippen LogP contribution in [0.3, 0.4) is 0 Å². The Hall–Kier alpha value is -6.83. The molecule has 12 rings (SSSR count). The number of ether oxygens (including phenoxy) is 2. The molecule has 1 aliphatic carbocycles. The molecule has 0 N–H and O–H groups in total. The maximum absolute atomic E-state index is 6.82. The Morgan fingerprint density at radius 1 is 0.426 bits per heavy atom. The number of aromatic nitrogens is 2. The van der Waals surface area contributed by atoms with Crippen molar-refractivity contribution in [2.24, 2.45) is 0 Å². The highest BCUT2D eigenvalue weighted by molar-refractivity contribution is 7.99. The highest BCUT2D eigenvalue weighted by Crippen LogP contribution is 2.63. The normalized spacial score (nSPS) is 16.4. The first kappa shape index (κ1) is 29.7. The molecule has 54 heavy (non-hydrogen) atoms. The van der Waals surface area contributed by atoms with Gasteiger partial charge in [-0.1, -0.05) is 84.6 Å². The van der Waals surface area contributed by atoms with Crippen LogP contribution in [-0.4, -0.2) is 9.97 Å². The summed E-state index contributed by atoms with van der Waals surface area (Å²) in [5.41, 5.74) is 11.4. The van der Waals surface area contributed by atoms with Crippen LogP contribution in [0.4, 0.5) is 34.1 Å². The average molecular weight is 713 g/mol. The lowest BCUT2D eigenvalue weighted by atomic mass is 9.66. The number of anilines is 6. The summed E-state index contributed by atoms with van der Waals surface area (Å²) >= 11 is 1.81. The second kappa shape index (κ2) is 11.1. The number of hydrogen-bond acceptors (Lipinski definition) is 7. The van der Waals surface area contributed by atoms with Crippen molar-refractivity contribution in [1.82, 2.24) is 9.97 Å². The summed E-state index contributed by atoms with van der Waals surface area (Å²) in [4.78, 5) is 17.4. The maximum Gasteiger partial charge on any atom is 0.151 e. The fraction of sp³-hybridized carbons (Fsp3) is 0.0213. The van der Waals surface area contributed by atoms with Crippen molar-refractivity contribution in [2.75, 3.05) is 9.80 Å². The summed E-state index contributed by atoms with van der Waals surface area (Å²) in [7, 11) is 0. The van der Waals surface area contributed by atoms with E-state index in [1.165, 1.54) is 9.79 Å². The smallest absolute Gasteiger partial charge is 0.151 e. The molecule has 0 fully saturated rings. The Bertz CT molecular complexity index is 2780. The minimum absolute atomic E-state index is 0.781. The fourth-order valence-corrected chi connectivity index (χ4v) is 9.86. The summed E-state index contributed by atoms with van der Waals surface area (Å²) in [6, 6.07) is 55.2. The summed E-state index contributed by atoms with van der Waals surface area (Å²) in [5, 5.41) is 0. The van der Waals surface area contributed by atoms with Crippen molar-refractivity contribution in [3.8, 4) is 34.4 Å². The third kappa shape index (κ3) is 3.96. The van der Waals surface area contributed by atoms with E-state index in [0.29, 0.717) is 0 Å². The van der Waals surface area contributed by atoms with Crippen LogP contribution >= 0.6 is 11.8 Å². The van der Waals surface area contributed by atoms with Gasteiger partial charge in [-0.2, -0.15) is 0 Å². The zero-order valence-corrected chi connectivity index (χ0v) is 29.5. The van der Waals surface area contributed by atoms with Crippen LogP contribution in [0, 0.1) is 0 Å². The van der Waals surface area contributed by atoms with Crippen molar-refractivity contribution >= 4 is 45.9 Å². The predicted octanol–water partition coefficient (Wildman–Crippen LogP) is 12.5. The van der Waals surface area contributed by atoms with E-state index in [4.69, 9.17) is 19.4 Å². The van der Waals surface area contributed by atoms with Gasteiger partial charge in [0.25, 0.3) is 0 Å². The molecular weight excluding hydrogens is 685 g/mol. The molecule has 1 atom stereocenters. The van der Waals surface area contributed by atoms with Gasteiger partial charge in [-0.15, -0.1) is 0 Å².